The minimum Gasteiger partial charge on any atom is -0.365 e. The number of anilines is 1. The molecular weight excluding hydrogens is 215 g/mol. The van der Waals surface area contributed by atoms with E-state index in [1.54, 1.807) is 0 Å². The van der Waals surface area contributed by atoms with Crippen molar-refractivity contribution in [1.82, 2.24) is 5.32 Å². The number of benzene rings is 1. The van der Waals surface area contributed by atoms with Crippen molar-refractivity contribution in [2.24, 2.45) is 0 Å². The van der Waals surface area contributed by atoms with Gasteiger partial charge in [0.05, 0.1) is 0 Å². The predicted octanol–water partition coefficient (Wildman–Crippen LogP) is 2.79. The molecule has 1 N–H and O–H groups in total. The van der Waals surface area contributed by atoms with Gasteiger partial charge in [0.25, 0.3) is 0 Å². The summed E-state index contributed by atoms with van der Waals surface area (Å²) in [6, 6.07) is 7.27. The van der Waals surface area contributed by atoms with Crippen LogP contribution in [0.3, 0.4) is 0 Å². The van der Waals surface area contributed by atoms with E-state index in [1.165, 1.54) is 12.1 Å². The monoisotopic (exact) mass is 236 g/mol. The third-order valence-corrected chi connectivity index (χ3v) is 3.56. The molecule has 1 saturated heterocycles. The molecule has 1 aliphatic rings. The van der Waals surface area contributed by atoms with E-state index in [0.717, 1.165) is 25.2 Å². The molecule has 2 nitrogen and oxygen atoms in total. The second kappa shape index (κ2) is 4.65. The van der Waals surface area contributed by atoms with E-state index in [-0.39, 0.29) is 11.4 Å². The van der Waals surface area contributed by atoms with E-state index in [1.807, 2.05) is 12.1 Å². The van der Waals surface area contributed by atoms with E-state index >= 15 is 0 Å². The minimum atomic E-state index is -0.174. The van der Waals surface area contributed by atoms with E-state index in [4.69, 9.17) is 0 Å². The first kappa shape index (κ1) is 12.4. The highest BCUT2D eigenvalue weighted by molar-refractivity contribution is 5.49. The molecule has 0 aliphatic carbocycles. The molecule has 0 radical (unpaired) electrons. The van der Waals surface area contributed by atoms with Gasteiger partial charge >= 0.3 is 0 Å². The van der Waals surface area contributed by atoms with Gasteiger partial charge in [-0.05, 0) is 58.0 Å². The van der Waals surface area contributed by atoms with Gasteiger partial charge in [0.2, 0.25) is 0 Å². The summed E-state index contributed by atoms with van der Waals surface area (Å²) < 4.78 is 13.0. The van der Waals surface area contributed by atoms with E-state index in [0.29, 0.717) is 6.04 Å². The Balaban J connectivity index is 2.29. The van der Waals surface area contributed by atoms with Crippen LogP contribution in [0.1, 0.15) is 27.2 Å². The summed E-state index contributed by atoms with van der Waals surface area (Å²) in [4.78, 5) is 2.37. The molecule has 1 heterocycles. The lowest BCUT2D eigenvalue weighted by atomic mass is 9.97. The lowest BCUT2D eigenvalue weighted by molar-refractivity contribution is 0.452. The molecule has 0 amide bonds. The van der Waals surface area contributed by atoms with Crippen molar-refractivity contribution < 1.29 is 4.39 Å². The van der Waals surface area contributed by atoms with Gasteiger partial charge in [-0.3, -0.25) is 0 Å². The quantitative estimate of drug-likeness (QED) is 0.806. The maximum Gasteiger partial charge on any atom is 0.123 e. The molecule has 0 aromatic heterocycles. The van der Waals surface area contributed by atoms with Crippen LogP contribution in [-0.4, -0.2) is 24.7 Å². The van der Waals surface area contributed by atoms with Gasteiger partial charge in [0, 0.05) is 23.8 Å². The Morgan fingerprint density at radius 2 is 1.94 bits per heavy atom. The third-order valence-electron chi connectivity index (χ3n) is 3.56. The summed E-state index contributed by atoms with van der Waals surface area (Å²) in [5.74, 6) is -0.174. The molecule has 1 fully saturated rings. The largest absolute Gasteiger partial charge is 0.365 e. The average Bonchev–Trinajstić information content (AvgIpc) is 2.39. The molecule has 0 spiro atoms. The molecule has 2 rings (SSSR count). The van der Waals surface area contributed by atoms with Crippen LogP contribution in [0, 0.1) is 5.82 Å². The van der Waals surface area contributed by atoms with Crippen LogP contribution in [0.4, 0.5) is 10.1 Å². The molecule has 1 unspecified atom stereocenters. The highest BCUT2D eigenvalue weighted by Gasteiger charge is 2.30. The second-order valence-electron chi connectivity index (χ2n) is 5.50. The Morgan fingerprint density at radius 1 is 1.29 bits per heavy atom. The number of halogens is 1. The fraction of sp³-hybridized carbons (Fsp3) is 0.571. The summed E-state index contributed by atoms with van der Waals surface area (Å²) in [7, 11) is 0. The number of hydrogen-bond donors (Lipinski definition) is 1. The Kier molecular flexibility index (Phi) is 3.38. The summed E-state index contributed by atoms with van der Waals surface area (Å²) in [5.41, 5.74) is 1.21. The Bertz CT molecular complexity index is 372. The zero-order valence-corrected chi connectivity index (χ0v) is 10.8. The Hall–Kier alpha value is -1.09. The van der Waals surface area contributed by atoms with Gasteiger partial charge in [-0.1, -0.05) is 0 Å². The molecule has 1 aliphatic heterocycles. The summed E-state index contributed by atoms with van der Waals surface area (Å²) >= 11 is 0. The number of nitrogens with zero attached hydrogens (tertiary/aromatic N) is 1. The summed E-state index contributed by atoms with van der Waals surface area (Å²) in [6.07, 6.45) is 1.09. The van der Waals surface area contributed by atoms with Crippen LogP contribution >= 0.6 is 0 Å². The first-order valence-corrected chi connectivity index (χ1v) is 6.26. The number of hydrogen-bond acceptors (Lipinski definition) is 2. The zero-order valence-electron chi connectivity index (χ0n) is 10.8. The summed E-state index contributed by atoms with van der Waals surface area (Å²) in [6.45, 7) is 8.68. The van der Waals surface area contributed by atoms with E-state index in [2.05, 4.69) is 31.0 Å². The first-order valence-electron chi connectivity index (χ1n) is 6.26. The lowest BCUT2D eigenvalue weighted by Crippen LogP contribution is -2.46. The average molecular weight is 236 g/mol. The molecule has 1 aromatic rings. The van der Waals surface area contributed by atoms with Crippen molar-refractivity contribution in [3.05, 3.63) is 30.1 Å². The maximum atomic E-state index is 13.0. The van der Waals surface area contributed by atoms with Crippen molar-refractivity contribution in [1.29, 1.82) is 0 Å². The van der Waals surface area contributed by atoms with Crippen molar-refractivity contribution in [3.63, 3.8) is 0 Å². The van der Waals surface area contributed by atoms with Gasteiger partial charge in [0.1, 0.15) is 5.82 Å². The molecular formula is C14H21FN2. The third kappa shape index (κ3) is 2.78. The smallest absolute Gasteiger partial charge is 0.123 e. The predicted molar refractivity (Wildman–Crippen MR) is 69.9 cm³/mol. The van der Waals surface area contributed by atoms with Crippen LogP contribution in [0.15, 0.2) is 24.3 Å². The zero-order chi connectivity index (χ0) is 12.5. The molecule has 1 aromatic carbocycles. The number of rotatable bonds is 1. The van der Waals surface area contributed by atoms with Gasteiger partial charge < -0.3 is 10.2 Å². The maximum absolute atomic E-state index is 13.0. The van der Waals surface area contributed by atoms with Crippen molar-refractivity contribution in [3.8, 4) is 0 Å². The minimum absolute atomic E-state index is 0.107. The Labute approximate surface area is 103 Å². The molecule has 0 bridgehead atoms. The van der Waals surface area contributed by atoms with Gasteiger partial charge in [-0.25, -0.2) is 4.39 Å². The SMILES string of the molecule is CC1CN(c2ccc(F)cc2)C(C)(C)CCN1. The standard InChI is InChI=1S/C14H21FN2/c1-11-10-17(14(2,3)8-9-16-11)13-6-4-12(15)5-7-13/h4-7,11,16H,8-10H2,1-3H3. The van der Waals surface area contributed by atoms with Crippen LogP contribution in [0.5, 0.6) is 0 Å². The normalized spacial score (nSPS) is 24.5. The van der Waals surface area contributed by atoms with Crippen molar-refractivity contribution in [2.75, 3.05) is 18.0 Å². The fourth-order valence-electron chi connectivity index (χ4n) is 2.42. The first-order chi connectivity index (χ1) is 7.99. The van der Waals surface area contributed by atoms with Crippen molar-refractivity contribution in [2.45, 2.75) is 38.8 Å². The highest BCUT2D eigenvalue weighted by Crippen LogP contribution is 2.28. The number of nitrogens with one attached hydrogen (secondary N) is 1. The molecule has 17 heavy (non-hydrogen) atoms. The summed E-state index contributed by atoms with van der Waals surface area (Å²) in [5, 5.41) is 3.50. The van der Waals surface area contributed by atoms with E-state index < -0.39 is 0 Å². The topological polar surface area (TPSA) is 15.3 Å². The molecule has 1 atom stereocenters. The molecule has 3 heteroatoms. The van der Waals surface area contributed by atoms with Gasteiger partial charge in [0.15, 0.2) is 0 Å². The van der Waals surface area contributed by atoms with Crippen LogP contribution < -0.4 is 10.2 Å². The van der Waals surface area contributed by atoms with Crippen LogP contribution in [0.25, 0.3) is 0 Å². The fourth-order valence-corrected chi connectivity index (χ4v) is 2.42. The second-order valence-corrected chi connectivity index (χ2v) is 5.50. The van der Waals surface area contributed by atoms with Crippen LogP contribution in [0.2, 0.25) is 0 Å². The Morgan fingerprint density at radius 3 is 2.59 bits per heavy atom. The van der Waals surface area contributed by atoms with Gasteiger partial charge in [-0.15, -0.1) is 0 Å². The lowest BCUT2D eigenvalue weighted by Gasteiger charge is -2.39. The van der Waals surface area contributed by atoms with Crippen molar-refractivity contribution >= 4 is 5.69 Å². The van der Waals surface area contributed by atoms with Crippen LogP contribution in [-0.2, 0) is 0 Å². The molecule has 0 saturated carbocycles. The van der Waals surface area contributed by atoms with Gasteiger partial charge in [-0.2, -0.15) is 0 Å². The molecule has 94 valence electrons. The highest BCUT2D eigenvalue weighted by atomic mass is 19.1. The van der Waals surface area contributed by atoms with E-state index in [9.17, 15) is 4.39 Å².